The van der Waals surface area contributed by atoms with Gasteiger partial charge in [0.1, 0.15) is 27.1 Å². The maximum atomic E-state index is 13.0. The Hall–Kier alpha value is -2.58. The Morgan fingerprint density at radius 2 is 2.00 bits per heavy atom. The van der Waals surface area contributed by atoms with Crippen molar-refractivity contribution in [3.8, 4) is 11.5 Å². The number of carbonyl (C=O) groups excluding carboxylic acids is 1. The molecule has 1 amide bonds. The average Bonchev–Trinajstić information content (AvgIpc) is 2.95. The number of nitrogens with zero attached hydrogens (tertiary/aromatic N) is 1. The van der Waals surface area contributed by atoms with Gasteiger partial charge >= 0.3 is 5.97 Å². The number of carboxylic acid groups (broad SMARTS) is 1. The van der Waals surface area contributed by atoms with Crippen molar-refractivity contribution in [2.45, 2.75) is 17.7 Å². The molecule has 0 radical (unpaired) electrons. The number of methoxy groups -OCH3 is 1. The van der Waals surface area contributed by atoms with Crippen LogP contribution >= 0.6 is 24.0 Å². The minimum atomic E-state index is -1.13. The number of amides is 1. The summed E-state index contributed by atoms with van der Waals surface area (Å²) in [5.41, 5.74) is 1.40. The third-order valence-corrected chi connectivity index (χ3v) is 5.83. The van der Waals surface area contributed by atoms with Gasteiger partial charge in [0.25, 0.3) is 0 Å². The Bertz CT molecular complexity index is 884. The molecule has 6 nitrogen and oxygen atoms in total. The molecule has 0 aromatic heterocycles. The number of carboxylic acids is 1. The third kappa shape index (κ3) is 4.06. The number of hydrogen-bond donors (Lipinski definition) is 2. The molecular formula is C19H17NO5S2. The molecular weight excluding hydrogens is 386 g/mol. The number of phenols is 1. The standard InChI is InChI=1S/C19H17NO5S2/c1-25-14-4-2-3-12(10-14)16-17(22)20(19(26)27-16)15(18(23)24)9-11-5-7-13(21)8-6-11/h2-8,10,15-16,21H,9H2,1H3,(H,23,24). The lowest BCUT2D eigenvalue weighted by Crippen LogP contribution is -2.45. The Morgan fingerprint density at radius 3 is 2.63 bits per heavy atom. The highest BCUT2D eigenvalue weighted by Gasteiger charge is 2.44. The van der Waals surface area contributed by atoms with Gasteiger partial charge < -0.3 is 14.9 Å². The lowest BCUT2D eigenvalue weighted by atomic mass is 10.0. The van der Waals surface area contributed by atoms with Crippen LogP contribution in [0.4, 0.5) is 0 Å². The van der Waals surface area contributed by atoms with E-state index in [4.69, 9.17) is 17.0 Å². The van der Waals surface area contributed by atoms with Crippen molar-refractivity contribution in [3.63, 3.8) is 0 Å². The minimum absolute atomic E-state index is 0.0899. The van der Waals surface area contributed by atoms with Gasteiger partial charge in [-0.1, -0.05) is 48.2 Å². The number of ether oxygens (including phenoxy) is 1. The maximum absolute atomic E-state index is 13.0. The zero-order valence-electron chi connectivity index (χ0n) is 14.4. The molecule has 140 valence electrons. The van der Waals surface area contributed by atoms with Gasteiger partial charge in [0, 0.05) is 6.42 Å². The fourth-order valence-corrected chi connectivity index (χ4v) is 4.40. The average molecular weight is 403 g/mol. The highest BCUT2D eigenvalue weighted by molar-refractivity contribution is 8.24. The van der Waals surface area contributed by atoms with Crippen molar-refractivity contribution < 1.29 is 24.5 Å². The fourth-order valence-electron chi connectivity index (χ4n) is 2.86. The Kier molecular flexibility index (Phi) is 5.67. The molecule has 1 fully saturated rings. The Balaban J connectivity index is 1.87. The number of thioether (sulfide) groups is 1. The number of benzene rings is 2. The summed E-state index contributed by atoms with van der Waals surface area (Å²) >= 11 is 6.48. The van der Waals surface area contributed by atoms with E-state index in [1.807, 2.05) is 0 Å². The summed E-state index contributed by atoms with van der Waals surface area (Å²) in [5.74, 6) is -0.786. The Labute approximate surface area is 165 Å². The topological polar surface area (TPSA) is 87.1 Å². The molecule has 1 aliphatic rings. The van der Waals surface area contributed by atoms with Crippen LogP contribution in [0.2, 0.25) is 0 Å². The van der Waals surface area contributed by atoms with Crippen molar-refractivity contribution >= 4 is 40.2 Å². The first-order chi connectivity index (χ1) is 12.9. The van der Waals surface area contributed by atoms with Crippen LogP contribution in [-0.4, -0.2) is 44.5 Å². The second kappa shape index (κ2) is 7.98. The van der Waals surface area contributed by atoms with E-state index in [1.54, 1.807) is 36.4 Å². The summed E-state index contributed by atoms with van der Waals surface area (Å²) in [5, 5.41) is 18.5. The summed E-state index contributed by atoms with van der Waals surface area (Å²) < 4.78 is 5.43. The van der Waals surface area contributed by atoms with Crippen LogP contribution < -0.4 is 4.74 Å². The maximum Gasteiger partial charge on any atom is 0.327 e. The zero-order valence-corrected chi connectivity index (χ0v) is 16.0. The predicted octanol–water partition coefficient (Wildman–Crippen LogP) is 3.00. The van der Waals surface area contributed by atoms with Gasteiger partial charge in [-0.15, -0.1) is 0 Å². The molecule has 0 saturated carbocycles. The minimum Gasteiger partial charge on any atom is -0.508 e. The van der Waals surface area contributed by atoms with E-state index >= 15 is 0 Å². The summed E-state index contributed by atoms with van der Waals surface area (Å²) in [7, 11) is 1.54. The molecule has 2 atom stereocenters. The molecule has 3 rings (SSSR count). The van der Waals surface area contributed by atoms with Gasteiger partial charge in [0.05, 0.1) is 7.11 Å². The number of rotatable bonds is 6. The van der Waals surface area contributed by atoms with Crippen molar-refractivity contribution in [2.75, 3.05) is 7.11 Å². The van der Waals surface area contributed by atoms with Gasteiger partial charge in [-0.25, -0.2) is 4.79 Å². The zero-order chi connectivity index (χ0) is 19.6. The molecule has 2 N–H and O–H groups in total. The molecule has 2 unspecified atom stereocenters. The molecule has 2 aromatic carbocycles. The van der Waals surface area contributed by atoms with Gasteiger partial charge in [-0.05, 0) is 35.4 Å². The first-order valence-electron chi connectivity index (χ1n) is 8.09. The van der Waals surface area contributed by atoms with Gasteiger partial charge in [-0.2, -0.15) is 0 Å². The van der Waals surface area contributed by atoms with Crippen molar-refractivity contribution in [2.24, 2.45) is 0 Å². The molecule has 1 heterocycles. The van der Waals surface area contributed by atoms with Gasteiger partial charge in [0.2, 0.25) is 5.91 Å². The monoisotopic (exact) mass is 403 g/mol. The van der Waals surface area contributed by atoms with Crippen LogP contribution in [0, 0.1) is 0 Å². The lowest BCUT2D eigenvalue weighted by Gasteiger charge is -2.24. The fraction of sp³-hybridized carbons (Fsp3) is 0.211. The van der Waals surface area contributed by atoms with Crippen LogP contribution in [0.3, 0.4) is 0 Å². The van der Waals surface area contributed by atoms with E-state index in [0.29, 0.717) is 16.9 Å². The van der Waals surface area contributed by atoms with E-state index in [2.05, 4.69) is 0 Å². The summed E-state index contributed by atoms with van der Waals surface area (Å²) in [4.78, 5) is 26.0. The van der Waals surface area contributed by atoms with E-state index in [0.717, 1.165) is 11.8 Å². The molecule has 0 spiro atoms. The normalized spacial score (nSPS) is 17.8. The number of aliphatic carboxylic acids is 1. The molecule has 0 aliphatic carbocycles. The van der Waals surface area contributed by atoms with E-state index in [-0.39, 0.29) is 22.4 Å². The largest absolute Gasteiger partial charge is 0.508 e. The second-order valence-electron chi connectivity index (χ2n) is 5.97. The summed E-state index contributed by atoms with van der Waals surface area (Å²) in [6.45, 7) is 0. The number of thiocarbonyl (C=S) groups is 1. The smallest absolute Gasteiger partial charge is 0.327 e. The highest BCUT2D eigenvalue weighted by Crippen LogP contribution is 2.41. The lowest BCUT2D eigenvalue weighted by molar-refractivity contribution is -0.146. The molecule has 2 aromatic rings. The van der Waals surface area contributed by atoms with Crippen molar-refractivity contribution in [3.05, 3.63) is 59.7 Å². The first-order valence-corrected chi connectivity index (χ1v) is 9.38. The molecule has 1 aliphatic heterocycles. The van der Waals surface area contributed by atoms with Crippen LogP contribution in [0.15, 0.2) is 48.5 Å². The number of aromatic hydroxyl groups is 1. The predicted molar refractivity (Wildman–Crippen MR) is 106 cm³/mol. The Morgan fingerprint density at radius 1 is 1.30 bits per heavy atom. The van der Waals surface area contributed by atoms with Crippen LogP contribution in [0.25, 0.3) is 0 Å². The van der Waals surface area contributed by atoms with Gasteiger partial charge in [-0.3, -0.25) is 9.69 Å². The van der Waals surface area contributed by atoms with Crippen molar-refractivity contribution in [1.82, 2.24) is 4.90 Å². The molecule has 27 heavy (non-hydrogen) atoms. The quantitative estimate of drug-likeness (QED) is 0.717. The number of carbonyl (C=O) groups is 2. The first kappa shape index (κ1) is 19.2. The second-order valence-corrected chi connectivity index (χ2v) is 7.71. The van der Waals surface area contributed by atoms with Crippen LogP contribution in [0.5, 0.6) is 11.5 Å². The molecule has 8 heteroatoms. The van der Waals surface area contributed by atoms with E-state index in [9.17, 15) is 19.8 Å². The molecule has 0 bridgehead atoms. The van der Waals surface area contributed by atoms with Gasteiger partial charge in [0.15, 0.2) is 0 Å². The van der Waals surface area contributed by atoms with E-state index < -0.39 is 17.3 Å². The number of hydrogen-bond acceptors (Lipinski definition) is 6. The van der Waals surface area contributed by atoms with Crippen molar-refractivity contribution in [1.29, 1.82) is 0 Å². The SMILES string of the molecule is COc1cccc(C2SC(=S)N(C(Cc3ccc(O)cc3)C(=O)O)C2=O)c1. The number of phenolic OH excluding ortho intramolecular Hbond substituents is 1. The highest BCUT2D eigenvalue weighted by atomic mass is 32.2. The third-order valence-electron chi connectivity index (χ3n) is 4.24. The summed E-state index contributed by atoms with van der Waals surface area (Å²) in [6.07, 6.45) is 0.0902. The summed E-state index contributed by atoms with van der Waals surface area (Å²) in [6, 6.07) is 12.2. The van der Waals surface area contributed by atoms with Crippen LogP contribution in [-0.2, 0) is 16.0 Å². The van der Waals surface area contributed by atoms with E-state index in [1.165, 1.54) is 24.1 Å². The molecule has 1 saturated heterocycles. The van der Waals surface area contributed by atoms with Crippen LogP contribution in [0.1, 0.15) is 16.4 Å².